The van der Waals surface area contributed by atoms with Crippen LogP contribution >= 0.6 is 15.9 Å². The summed E-state index contributed by atoms with van der Waals surface area (Å²) in [6.45, 7) is 0. The molecular weight excluding hydrogens is 337 g/mol. The number of halogens is 2. The van der Waals surface area contributed by atoms with Gasteiger partial charge in [0, 0.05) is 11.6 Å². The summed E-state index contributed by atoms with van der Waals surface area (Å²) >= 11 is 3.14. The van der Waals surface area contributed by atoms with Gasteiger partial charge in [-0.2, -0.15) is 0 Å². The molecule has 3 aromatic rings. The third-order valence-corrected chi connectivity index (χ3v) is 3.65. The van der Waals surface area contributed by atoms with Crippen LogP contribution in [0.4, 0.5) is 4.39 Å². The van der Waals surface area contributed by atoms with Crippen LogP contribution < -0.4 is 9.47 Å². The molecule has 2 aromatic carbocycles. The van der Waals surface area contributed by atoms with Crippen molar-refractivity contribution in [3.63, 3.8) is 0 Å². The summed E-state index contributed by atoms with van der Waals surface area (Å²) in [6, 6.07) is 12.0. The van der Waals surface area contributed by atoms with E-state index in [1.807, 2.05) is 24.3 Å². The molecule has 21 heavy (non-hydrogen) atoms. The van der Waals surface area contributed by atoms with Gasteiger partial charge < -0.3 is 9.47 Å². The van der Waals surface area contributed by atoms with Crippen molar-refractivity contribution in [3.05, 3.63) is 59.0 Å². The molecule has 0 aliphatic carbocycles. The van der Waals surface area contributed by atoms with Crippen LogP contribution in [-0.2, 0) is 0 Å². The van der Waals surface area contributed by atoms with Crippen molar-refractivity contribution < 1.29 is 13.9 Å². The minimum absolute atomic E-state index is 0.335. The van der Waals surface area contributed by atoms with Crippen molar-refractivity contribution in [2.45, 2.75) is 0 Å². The molecule has 5 heteroatoms. The van der Waals surface area contributed by atoms with Gasteiger partial charge in [0.2, 0.25) is 5.88 Å². The predicted molar refractivity (Wildman–Crippen MR) is 82.5 cm³/mol. The number of methoxy groups -OCH3 is 1. The Kier molecular flexibility index (Phi) is 3.75. The Morgan fingerprint density at radius 3 is 2.62 bits per heavy atom. The number of nitrogens with zero attached hydrogens (tertiary/aromatic N) is 1. The average Bonchev–Trinajstić information content (AvgIpc) is 2.50. The van der Waals surface area contributed by atoms with Gasteiger partial charge in [-0.1, -0.05) is 0 Å². The zero-order valence-corrected chi connectivity index (χ0v) is 12.7. The van der Waals surface area contributed by atoms with Gasteiger partial charge >= 0.3 is 0 Å². The Labute approximate surface area is 129 Å². The first-order valence-electron chi connectivity index (χ1n) is 6.23. The van der Waals surface area contributed by atoms with Crippen LogP contribution in [0.3, 0.4) is 0 Å². The van der Waals surface area contributed by atoms with Crippen LogP contribution in [0.15, 0.2) is 53.1 Å². The maximum Gasteiger partial charge on any atom is 0.227 e. The first-order valence-corrected chi connectivity index (χ1v) is 7.02. The van der Waals surface area contributed by atoms with Gasteiger partial charge in [0.15, 0.2) is 0 Å². The van der Waals surface area contributed by atoms with E-state index in [1.165, 1.54) is 6.07 Å². The van der Waals surface area contributed by atoms with Crippen molar-refractivity contribution in [2.75, 3.05) is 7.11 Å². The molecule has 3 nitrogen and oxygen atoms in total. The Morgan fingerprint density at radius 2 is 1.86 bits per heavy atom. The standard InChI is InChI=1S/C16H11BrFNO2/c1-20-11-2-4-13-10(8-11)6-7-19-16(13)21-12-3-5-15(18)14(17)9-12/h2-9H,1H3. The maximum absolute atomic E-state index is 13.2. The molecule has 0 spiro atoms. The number of pyridine rings is 1. The van der Waals surface area contributed by atoms with E-state index in [-0.39, 0.29) is 5.82 Å². The average molecular weight is 348 g/mol. The first kappa shape index (κ1) is 13.8. The minimum atomic E-state index is -0.335. The fraction of sp³-hybridized carbons (Fsp3) is 0.0625. The summed E-state index contributed by atoms with van der Waals surface area (Å²) in [7, 11) is 1.62. The fourth-order valence-corrected chi connectivity index (χ4v) is 2.35. The summed E-state index contributed by atoms with van der Waals surface area (Å²) in [6.07, 6.45) is 1.66. The van der Waals surface area contributed by atoms with E-state index >= 15 is 0 Å². The van der Waals surface area contributed by atoms with Gasteiger partial charge in [-0.15, -0.1) is 0 Å². The summed E-state index contributed by atoms with van der Waals surface area (Å²) < 4.78 is 24.5. The molecule has 0 unspecified atom stereocenters. The minimum Gasteiger partial charge on any atom is -0.497 e. The van der Waals surface area contributed by atoms with E-state index in [4.69, 9.17) is 9.47 Å². The molecule has 0 radical (unpaired) electrons. The van der Waals surface area contributed by atoms with Crippen LogP contribution in [0.2, 0.25) is 0 Å². The molecule has 3 rings (SSSR count). The third kappa shape index (κ3) is 2.83. The van der Waals surface area contributed by atoms with Crippen LogP contribution in [0.5, 0.6) is 17.4 Å². The lowest BCUT2D eigenvalue weighted by Gasteiger charge is -2.09. The van der Waals surface area contributed by atoms with Crippen LogP contribution in [0, 0.1) is 5.82 Å². The van der Waals surface area contributed by atoms with Gasteiger partial charge in [0.1, 0.15) is 17.3 Å². The van der Waals surface area contributed by atoms with Crippen molar-refractivity contribution in [3.8, 4) is 17.4 Å². The highest BCUT2D eigenvalue weighted by Crippen LogP contribution is 2.31. The number of hydrogen-bond donors (Lipinski definition) is 0. The fourth-order valence-electron chi connectivity index (χ4n) is 1.99. The highest BCUT2D eigenvalue weighted by Gasteiger charge is 2.08. The lowest BCUT2D eigenvalue weighted by molar-refractivity contribution is 0.415. The van der Waals surface area contributed by atoms with E-state index in [9.17, 15) is 4.39 Å². The molecule has 0 bridgehead atoms. The molecule has 0 N–H and O–H groups in total. The SMILES string of the molecule is COc1ccc2c(Oc3ccc(F)c(Br)c3)nccc2c1. The normalized spacial score (nSPS) is 10.6. The zero-order chi connectivity index (χ0) is 14.8. The second kappa shape index (κ2) is 5.69. The zero-order valence-electron chi connectivity index (χ0n) is 11.1. The molecule has 1 heterocycles. The molecular formula is C16H11BrFNO2. The Balaban J connectivity index is 2.02. The van der Waals surface area contributed by atoms with Crippen LogP contribution in [0.25, 0.3) is 10.8 Å². The Bertz CT molecular complexity index is 807. The molecule has 0 saturated heterocycles. The summed E-state index contributed by atoms with van der Waals surface area (Å²) in [5.74, 6) is 1.41. The molecule has 1 aromatic heterocycles. The second-order valence-electron chi connectivity index (χ2n) is 4.38. The maximum atomic E-state index is 13.2. The Hall–Kier alpha value is -2.14. The van der Waals surface area contributed by atoms with Gasteiger partial charge in [0.25, 0.3) is 0 Å². The first-order chi connectivity index (χ1) is 10.2. The largest absolute Gasteiger partial charge is 0.497 e. The molecule has 0 atom stereocenters. The monoisotopic (exact) mass is 347 g/mol. The van der Waals surface area contributed by atoms with Crippen molar-refractivity contribution in [2.24, 2.45) is 0 Å². The lowest BCUT2D eigenvalue weighted by Crippen LogP contribution is -1.91. The smallest absolute Gasteiger partial charge is 0.227 e. The molecule has 0 aliphatic rings. The number of fused-ring (bicyclic) bond motifs is 1. The van der Waals surface area contributed by atoms with E-state index < -0.39 is 0 Å². The molecule has 0 aliphatic heterocycles. The van der Waals surface area contributed by atoms with Crippen LogP contribution in [0.1, 0.15) is 0 Å². The van der Waals surface area contributed by atoms with Gasteiger partial charge in [0.05, 0.1) is 11.6 Å². The van der Waals surface area contributed by atoms with Crippen LogP contribution in [-0.4, -0.2) is 12.1 Å². The highest BCUT2D eigenvalue weighted by atomic mass is 79.9. The molecule has 0 saturated carbocycles. The number of aromatic nitrogens is 1. The van der Waals surface area contributed by atoms with Gasteiger partial charge in [-0.05, 0) is 63.8 Å². The second-order valence-corrected chi connectivity index (χ2v) is 5.24. The quantitative estimate of drug-likeness (QED) is 0.672. The van der Waals surface area contributed by atoms with E-state index in [1.54, 1.807) is 25.4 Å². The Morgan fingerprint density at radius 1 is 1.05 bits per heavy atom. The molecule has 0 fully saturated rings. The van der Waals surface area contributed by atoms with Crippen molar-refractivity contribution in [1.82, 2.24) is 4.98 Å². The number of ether oxygens (including phenoxy) is 2. The van der Waals surface area contributed by atoms with Crippen molar-refractivity contribution >= 4 is 26.7 Å². The number of benzene rings is 2. The summed E-state index contributed by atoms with van der Waals surface area (Å²) in [4.78, 5) is 4.24. The lowest BCUT2D eigenvalue weighted by atomic mass is 10.1. The highest BCUT2D eigenvalue weighted by molar-refractivity contribution is 9.10. The predicted octanol–water partition coefficient (Wildman–Crippen LogP) is 4.94. The summed E-state index contributed by atoms with van der Waals surface area (Å²) in [5.41, 5.74) is 0. The third-order valence-electron chi connectivity index (χ3n) is 3.04. The number of rotatable bonds is 3. The topological polar surface area (TPSA) is 31.4 Å². The molecule has 106 valence electrons. The van der Waals surface area contributed by atoms with Gasteiger partial charge in [-0.25, -0.2) is 9.37 Å². The van der Waals surface area contributed by atoms with E-state index in [0.717, 1.165) is 16.5 Å². The van der Waals surface area contributed by atoms with E-state index in [2.05, 4.69) is 20.9 Å². The van der Waals surface area contributed by atoms with Gasteiger partial charge in [-0.3, -0.25) is 0 Å². The van der Waals surface area contributed by atoms with E-state index in [0.29, 0.717) is 16.1 Å². The van der Waals surface area contributed by atoms with Crippen molar-refractivity contribution in [1.29, 1.82) is 0 Å². The molecule has 0 amide bonds. The number of hydrogen-bond acceptors (Lipinski definition) is 3. The summed E-state index contributed by atoms with van der Waals surface area (Å²) in [5, 5.41) is 1.82.